The number of hydrogen-bond acceptors (Lipinski definition) is 3. The Hall–Kier alpha value is 0.0168. The predicted octanol–water partition coefficient (Wildman–Crippen LogP) is -1.04. The molecule has 7 heteroatoms. The third-order valence-corrected chi connectivity index (χ3v) is 0.135. The van der Waals surface area contributed by atoms with E-state index in [-0.39, 0.29) is 39.0 Å². The van der Waals surface area contributed by atoms with Crippen LogP contribution in [0.25, 0.3) is 0 Å². The van der Waals surface area contributed by atoms with Crippen LogP contribution < -0.4 is 0 Å². The summed E-state index contributed by atoms with van der Waals surface area (Å²) in [4.78, 5) is 18.0. The van der Waals surface area contributed by atoms with Gasteiger partial charge in [0.1, 0.15) is 6.61 Å². The Morgan fingerprint density at radius 3 is 1.27 bits per heavy atom. The monoisotopic (exact) mass is 263 g/mol. The van der Waals surface area contributed by atoms with Crippen molar-refractivity contribution in [2.45, 2.75) is 0 Å². The zero-order valence-electron chi connectivity index (χ0n) is 5.99. The molecule has 0 aromatic carbocycles. The number of aliphatic hydroxyl groups is 1. The standard InChI is InChI=1S/C2H4O3.C2H3O2.2Zn/c3-1-2(4)5;1-2(3)4;;/h3H,1H2,(H,4,5);1H2,(H,3,4);;/q;-1;;. The second-order valence-electron chi connectivity index (χ2n) is 0.946. The van der Waals surface area contributed by atoms with Crippen molar-refractivity contribution < 1.29 is 63.9 Å². The van der Waals surface area contributed by atoms with Crippen LogP contribution in [-0.4, -0.2) is 33.9 Å². The summed E-state index contributed by atoms with van der Waals surface area (Å²) in [7, 11) is 0. The number of aliphatic hydroxyl groups excluding tert-OH is 1. The Morgan fingerprint density at radius 1 is 1.18 bits per heavy atom. The van der Waals surface area contributed by atoms with Gasteiger partial charge >= 0.3 is 5.97 Å². The Balaban J connectivity index is -0.0000000383. The zero-order chi connectivity index (χ0) is 7.86. The molecule has 0 bridgehead atoms. The number of hydrogen-bond donors (Lipinski definition) is 3. The first-order valence-electron chi connectivity index (χ1n) is 1.88. The van der Waals surface area contributed by atoms with Crippen LogP contribution in [0.4, 0.5) is 0 Å². The minimum atomic E-state index is -1.19. The van der Waals surface area contributed by atoms with Crippen LogP contribution >= 0.6 is 0 Å². The van der Waals surface area contributed by atoms with Crippen LogP contribution in [0.5, 0.6) is 0 Å². The van der Waals surface area contributed by atoms with Crippen LogP contribution in [0.1, 0.15) is 0 Å². The Labute approximate surface area is 89.3 Å². The minimum absolute atomic E-state index is 0. The van der Waals surface area contributed by atoms with Gasteiger partial charge in [0.05, 0.1) is 0 Å². The minimum Gasteiger partial charge on any atom is -0.503 e. The zero-order valence-corrected chi connectivity index (χ0v) is 11.9. The van der Waals surface area contributed by atoms with Gasteiger partial charge in [-0.25, -0.2) is 4.79 Å². The van der Waals surface area contributed by atoms with E-state index in [0.717, 1.165) is 0 Å². The Kier molecular flexibility index (Phi) is 33.8. The third-order valence-electron chi connectivity index (χ3n) is 0.135. The third kappa shape index (κ3) is 158. The van der Waals surface area contributed by atoms with Crippen LogP contribution in [0.2, 0.25) is 0 Å². The average molecular weight is 266 g/mol. The van der Waals surface area contributed by atoms with Gasteiger partial charge in [0.15, 0.2) is 5.97 Å². The van der Waals surface area contributed by atoms with Gasteiger partial charge < -0.3 is 15.3 Å². The van der Waals surface area contributed by atoms with Gasteiger partial charge in [-0.1, -0.05) is 0 Å². The quantitative estimate of drug-likeness (QED) is 0.416. The van der Waals surface area contributed by atoms with Gasteiger partial charge in [-0.3, -0.25) is 11.7 Å². The van der Waals surface area contributed by atoms with Gasteiger partial charge in [-0.2, -0.15) is 0 Å². The first-order valence-corrected chi connectivity index (χ1v) is 1.88. The second-order valence-corrected chi connectivity index (χ2v) is 0.946. The van der Waals surface area contributed by atoms with Gasteiger partial charge in [-0.05, 0) is 0 Å². The molecule has 0 heterocycles. The largest absolute Gasteiger partial charge is 0.503 e. The molecular formula is C4H7O5Zn2-. The summed E-state index contributed by atoms with van der Waals surface area (Å²) in [5, 5.41) is 22.3. The van der Waals surface area contributed by atoms with E-state index in [2.05, 4.69) is 6.92 Å². The molecule has 11 heavy (non-hydrogen) atoms. The molecule has 0 fully saturated rings. The molecule has 0 aliphatic heterocycles. The van der Waals surface area contributed by atoms with E-state index in [0.29, 0.717) is 0 Å². The van der Waals surface area contributed by atoms with Crippen LogP contribution in [0.15, 0.2) is 0 Å². The summed E-state index contributed by atoms with van der Waals surface area (Å²) in [6, 6.07) is 0. The van der Waals surface area contributed by atoms with Crippen molar-refractivity contribution in [3.63, 3.8) is 0 Å². The topological polar surface area (TPSA) is 94.8 Å². The smallest absolute Gasteiger partial charge is 0.329 e. The van der Waals surface area contributed by atoms with E-state index in [1.54, 1.807) is 0 Å². The molecule has 5 nitrogen and oxygen atoms in total. The molecule has 3 N–H and O–H groups in total. The van der Waals surface area contributed by atoms with E-state index >= 15 is 0 Å². The number of carboxylic acids is 2. The van der Waals surface area contributed by atoms with Crippen molar-refractivity contribution in [3.05, 3.63) is 6.92 Å². The van der Waals surface area contributed by atoms with E-state index in [9.17, 15) is 0 Å². The molecule has 0 aromatic heterocycles. The predicted molar refractivity (Wildman–Crippen MR) is 27.7 cm³/mol. The fourth-order valence-corrected chi connectivity index (χ4v) is 0. The number of aliphatic carboxylic acids is 2. The van der Waals surface area contributed by atoms with E-state index in [1.807, 2.05) is 0 Å². The Bertz CT molecular complexity index is 101. The van der Waals surface area contributed by atoms with Crippen molar-refractivity contribution in [2.75, 3.05) is 6.61 Å². The number of carboxylic acid groups (broad SMARTS) is 2. The molecule has 0 aromatic rings. The van der Waals surface area contributed by atoms with Crippen molar-refractivity contribution in [1.82, 2.24) is 0 Å². The SMILES string of the molecule is O=C(O)CO.[CH2-]C(=O)O.[Zn].[Zn]. The maximum absolute atomic E-state index is 9.12. The maximum Gasteiger partial charge on any atom is 0.329 e. The molecule has 0 unspecified atom stereocenters. The van der Waals surface area contributed by atoms with Crippen molar-refractivity contribution in [3.8, 4) is 0 Å². The Morgan fingerprint density at radius 2 is 1.27 bits per heavy atom. The van der Waals surface area contributed by atoms with Crippen LogP contribution in [-0.2, 0) is 48.5 Å². The van der Waals surface area contributed by atoms with Crippen LogP contribution in [0, 0.1) is 6.92 Å². The van der Waals surface area contributed by atoms with Gasteiger partial charge in [0.2, 0.25) is 0 Å². The molecule has 0 atom stereocenters. The summed E-state index contributed by atoms with van der Waals surface area (Å²) >= 11 is 0. The molecule has 0 aliphatic rings. The molecule has 0 rings (SSSR count). The van der Waals surface area contributed by atoms with Gasteiger partial charge in [0.25, 0.3) is 0 Å². The van der Waals surface area contributed by atoms with E-state index < -0.39 is 18.5 Å². The molecule has 0 aliphatic carbocycles. The summed E-state index contributed by atoms with van der Waals surface area (Å²) in [5.74, 6) is -2.27. The summed E-state index contributed by atoms with van der Waals surface area (Å²) in [6.07, 6.45) is 0. The molecule has 58 valence electrons. The van der Waals surface area contributed by atoms with E-state index in [1.165, 1.54) is 0 Å². The summed E-state index contributed by atoms with van der Waals surface area (Å²) in [6.45, 7) is 1.78. The summed E-state index contributed by atoms with van der Waals surface area (Å²) < 4.78 is 0. The molecule has 0 saturated heterocycles. The first-order chi connectivity index (χ1) is 4.00. The van der Waals surface area contributed by atoms with E-state index in [4.69, 9.17) is 24.9 Å². The van der Waals surface area contributed by atoms with Crippen LogP contribution in [0.3, 0.4) is 0 Å². The fourth-order valence-electron chi connectivity index (χ4n) is 0. The molecular weight excluding hydrogens is 259 g/mol. The molecule has 0 spiro atoms. The number of rotatable bonds is 1. The van der Waals surface area contributed by atoms with Crippen molar-refractivity contribution >= 4 is 11.9 Å². The van der Waals surface area contributed by atoms with Crippen molar-refractivity contribution in [2.24, 2.45) is 0 Å². The fraction of sp³-hybridized carbons (Fsp3) is 0.250. The first kappa shape index (κ1) is 22.5. The maximum atomic E-state index is 9.12. The second kappa shape index (κ2) is 16.5. The molecule has 0 amide bonds. The van der Waals surface area contributed by atoms with Gasteiger partial charge in [-0.15, -0.1) is 0 Å². The van der Waals surface area contributed by atoms with Crippen molar-refractivity contribution in [1.29, 1.82) is 0 Å². The molecule has 0 saturated carbocycles. The number of carbonyl (C=O) groups is 2. The normalized spacial score (nSPS) is 5.55. The van der Waals surface area contributed by atoms with Gasteiger partial charge in [0, 0.05) is 39.0 Å². The molecule has 0 radical (unpaired) electrons. The summed E-state index contributed by atoms with van der Waals surface area (Å²) in [5.41, 5.74) is 0. The average Bonchev–Trinajstić information content (AvgIpc) is 1.65.